The average Bonchev–Trinajstić information content (AvgIpc) is 3.14. The predicted octanol–water partition coefficient (Wildman–Crippen LogP) is 9.06. The van der Waals surface area contributed by atoms with Gasteiger partial charge in [-0.1, -0.05) is 124 Å². The minimum Gasteiger partial charge on any atom is -0.400 e. The molecule has 0 radical (unpaired) electrons. The largest absolute Gasteiger partial charge is 0.671 e. The van der Waals surface area contributed by atoms with Crippen LogP contribution in [0.4, 0.5) is 0 Å². The molecular weight excluding hydrogens is 717 g/mol. The van der Waals surface area contributed by atoms with Crippen LogP contribution in [0.15, 0.2) is 0 Å². The van der Waals surface area contributed by atoms with Gasteiger partial charge in [-0.25, -0.2) is 0 Å². The maximum Gasteiger partial charge on any atom is 0.671 e. The standard InChI is InChI=1S/C37H76O10Si4/c1-6-9-23-34-28-18-20-30-36-26-15-13-11-12-14-25-33(8-3)40-49(38)39-32(4)22-16-17-27-37-31-21-19-29-35(24-10-7-2)42-50(41-34,45-48-5)47-51(43-36,44-37)46-49/h32-38H,6-31,48H2,1-5H3. The Morgan fingerprint density at radius 3 is 1.57 bits per heavy atom. The molecule has 51 heavy (non-hydrogen) atoms. The topological polar surface area (TPSA) is 103 Å². The first-order chi connectivity index (χ1) is 24.7. The summed E-state index contributed by atoms with van der Waals surface area (Å²) in [6.07, 6.45) is 24.5. The summed E-state index contributed by atoms with van der Waals surface area (Å²) in [6.45, 7) is 10.7. The molecule has 0 aromatic carbocycles. The molecule has 4 saturated heterocycles. The third-order valence-corrected chi connectivity index (χ3v) is 21.4. The molecule has 4 aliphatic rings. The minimum atomic E-state index is -4.44. The summed E-state index contributed by atoms with van der Waals surface area (Å²) in [4.78, 5) is 12.7. The molecule has 4 heterocycles. The first-order valence-corrected chi connectivity index (χ1v) is 28.5. The summed E-state index contributed by atoms with van der Waals surface area (Å²) in [5, 5.41) is 0. The molecule has 9 atom stereocenters. The van der Waals surface area contributed by atoms with E-state index in [1.165, 1.54) is 6.42 Å². The highest BCUT2D eigenvalue weighted by molar-refractivity contribution is 6.75. The summed E-state index contributed by atoms with van der Waals surface area (Å²) < 4.78 is 63.6. The lowest BCUT2D eigenvalue weighted by atomic mass is 10.0. The highest BCUT2D eigenvalue weighted by atomic mass is 28.5. The van der Waals surface area contributed by atoms with E-state index in [-0.39, 0.29) is 36.6 Å². The molecule has 0 aromatic heterocycles. The van der Waals surface area contributed by atoms with Crippen molar-refractivity contribution >= 4 is 36.9 Å². The third-order valence-electron chi connectivity index (χ3n) is 11.0. The van der Waals surface area contributed by atoms with E-state index in [1.807, 2.05) is 6.92 Å². The summed E-state index contributed by atoms with van der Waals surface area (Å²) in [6, 6.07) is 0. The average molecular weight is 793 g/mol. The molecule has 0 aromatic rings. The smallest absolute Gasteiger partial charge is 0.400 e. The minimum absolute atomic E-state index is 0.0713. The Morgan fingerprint density at radius 2 is 1.04 bits per heavy atom. The second kappa shape index (κ2) is 23.5. The van der Waals surface area contributed by atoms with Crippen LogP contribution in [0.5, 0.6) is 0 Å². The van der Waals surface area contributed by atoms with Gasteiger partial charge in [-0.15, -0.1) is 0 Å². The van der Waals surface area contributed by atoms with Gasteiger partial charge in [0.2, 0.25) is 0 Å². The first kappa shape index (κ1) is 44.2. The Balaban J connectivity index is 1.92. The molecule has 300 valence electrons. The predicted molar refractivity (Wildman–Crippen MR) is 209 cm³/mol. The molecule has 0 aliphatic carbocycles. The zero-order valence-corrected chi connectivity index (χ0v) is 37.6. The van der Waals surface area contributed by atoms with E-state index in [2.05, 4.69) is 27.3 Å². The van der Waals surface area contributed by atoms with Gasteiger partial charge in [0.1, 0.15) is 0 Å². The Labute approximate surface area is 317 Å². The van der Waals surface area contributed by atoms with E-state index >= 15 is 0 Å². The van der Waals surface area contributed by atoms with E-state index in [9.17, 15) is 4.80 Å². The Kier molecular flexibility index (Phi) is 20.4. The molecule has 1 N–H and O–H groups in total. The fourth-order valence-corrected chi connectivity index (χ4v) is 19.4. The number of unbranched alkanes of at least 4 members (excludes halogenated alkanes) is 2. The van der Waals surface area contributed by atoms with Crippen molar-refractivity contribution < 1.29 is 43.7 Å². The maximum atomic E-state index is 12.7. The van der Waals surface area contributed by atoms with E-state index in [1.54, 1.807) is 0 Å². The van der Waals surface area contributed by atoms with Crippen molar-refractivity contribution in [2.24, 2.45) is 0 Å². The number of hydrogen-bond acceptors (Lipinski definition) is 10. The summed E-state index contributed by atoms with van der Waals surface area (Å²) in [7, 11) is -13.9. The fraction of sp³-hybridized carbons (Fsp3) is 1.00. The second-order valence-electron chi connectivity index (χ2n) is 15.7. The van der Waals surface area contributed by atoms with Gasteiger partial charge in [0.05, 0.1) is 30.5 Å². The molecular formula is C37H76O10Si4. The van der Waals surface area contributed by atoms with Crippen LogP contribution in [-0.4, -0.2) is 78.3 Å². The molecule has 0 saturated carbocycles. The van der Waals surface area contributed by atoms with Gasteiger partial charge in [0.15, 0.2) is 9.76 Å². The van der Waals surface area contributed by atoms with Crippen molar-refractivity contribution in [1.29, 1.82) is 0 Å². The lowest BCUT2D eigenvalue weighted by Gasteiger charge is -2.43. The van der Waals surface area contributed by atoms with Crippen LogP contribution in [-0.2, 0) is 38.9 Å². The highest BCUT2D eigenvalue weighted by Crippen LogP contribution is 2.38. The monoisotopic (exact) mass is 792 g/mol. The third kappa shape index (κ3) is 15.5. The molecule has 14 heteroatoms. The summed E-state index contributed by atoms with van der Waals surface area (Å²) >= 11 is 0. The zero-order valence-electron chi connectivity index (χ0n) is 33.2. The summed E-state index contributed by atoms with van der Waals surface area (Å²) in [5.74, 6) is 0. The van der Waals surface area contributed by atoms with Crippen LogP contribution >= 0.6 is 0 Å². The SMILES string of the molecule is CCCCC1CCCCC2CCCCCCCC(CC)O[Si]3(O)OC(C)CCCCC4CCCCC(CCCC)O[Si](O[SiH2]C)(O1)O[Si](O2)(O4)O3. The van der Waals surface area contributed by atoms with Gasteiger partial charge < -0.3 is 43.7 Å². The molecule has 0 amide bonds. The van der Waals surface area contributed by atoms with Crippen molar-refractivity contribution in [3.8, 4) is 0 Å². The zero-order chi connectivity index (χ0) is 36.4. The van der Waals surface area contributed by atoms with Gasteiger partial charge in [-0.3, -0.25) is 0 Å². The lowest BCUT2D eigenvalue weighted by molar-refractivity contribution is -0.107. The molecule has 4 aliphatic heterocycles. The van der Waals surface area contributed by atoms with Gasteiger partial charge in [-0.2, -0.15) is 0 Å². The Hall–Kier alpha value is 0.468. The molecule has 10 nitrogen and oxygen atoms in total. The van der Waals surface area contributed by atoms with Gasteiger partial charge in [0, 0.05) is 6.10 Å². The quantitative estimate of drug-likeness (QED) is 0.228. The van der Waals surface area contributed by atoms with Gasteiger partial charge in [-0.05, 0) is 77.6 Å². The van der Waals surface area contributed by atoms with E-state index in [4.69, 9.17) is 38.9 Å². The maximum absolute atomic E-state index is 12.7. The molecule has 9 unspecified atom stereocenters. The van der Waals surface area contributed by atoms with Crippen molar-refractivity contribution in [1.82, 2.24) is 0 Å². The molecule has 1 spiro atoms. The van der Waals surface area contributed by atoms with E-state index in [0.717, 1.165) is 161 Å². The van der Waals surface area contributed by atoms with Crippen molar-refractivity contribution in [2.75, 3.05) is 0 Å². The highest BCUT2D eigenvalue weighted by Gasteiger charge is 2.67. The van der Waals surface area contributed by atoms with Crippen LogP contribution in [0, 0.1) is 0 Å². The normalized spacial score (nSPS) is 39.4. The Morgan fingerprint density at radius 1 is 0.569 bits per heavy atom. The van der Waals surface area contributed by atoms with Crippen molar-refractivity contribution in [3.05, 3.63) is 0 Å². The van der Waals surface area contributed by atoms with E-state index < -0.39 is 36.9 Å². The molecule has 5 bridgehead atoms. The second-order valence-corrected chi connectivity index (χ2v) is 23.5. The van der Waals surface area contributed by atoms with Crippen LogP contribution in [0.25, 0.3) is 0 Å². The van der Waals surface area contributed by atoms with Crippen molar-refractivity contribution in [3.63, 3.8) is 0 Å². The fourth-order valence-electron chi connectivity index (χ4n) is 8.05. The van der Waals surface area contributed by atoms with E-state index in [0.29, 0.717) is 0 Å². The van der Waals surface area contributed by atoms with Gasteiger partial charge in [0.25, 0.3) is 0 Å². The van der Waals surface area contributed by atoms with Crippen LogP contribution in [0.3, 0.4) is 0 Å². The van der Waals surface area contributed by atoms with Crippen LogP contribution in [0.1, 0.15) is 195 Å². The molecule has 4 rings (SSSR count). The lowest BCUT2D eigenvalue weighted by Crippen LogP contribution is -2.69. The van der Waals surface area contributed by atoms with Crippen LogP contribution < -0.4 is 0 Å². The summed E-state index contributed by atoms with van der Waals surface area (Å²) in [5.41, 5.74) is 0. The number of fused-ring (bicyclic) bond motifs is 4. The molecule has 4 fully saturated rings. The Bertz CT molecular complexity index is 940. The number of hydrogen-bond donors (Lipinski definition) is 1. The van der Waals surface area contributed by atoms with Gasteiger partial charge >= 0.3 is 27.1 Å². The number of rotatable bonds is 9. The van der Waals surface area contributed by atoms with Crippen molar-refractivity contribution in [2.45, 2.75) is 238 Å². The van der Waals surface area contributed by atoms with Crippen LogP contribution in [0.2, 0.25) is 6.55 Å². The first-order valence-electron chi connectivity index (χ1n) is 21.6.